The molecule has 8 aromatic rings. The highest BCUT2D eigenvalue weighted by Crippen LogP contribution is 2.65. The molecule has 2 aliphatic carbocycles. The first-order chi connectivity index (χ1) is 24.0. The molecule has 0 bridgehead atoms. The summed E-state index contributed by atoms with van der Waals surface area (Å²) in [6.07, 6.45) is 0. The molecule has 0 heterocycles. The van der Waals surface area contributed by atoms with Gasteiger partial charge in [0.15, 0.2) is 0 Å². The summed E-state index contributed by atoms with van der Waals surface area (Å²) in [7, 11) is 0. The van der Waals surface area contributed by atoms with Crippen LogP contribution in [0.2, 0.25) is 0 Å². The van der Waals surface area contributed by atoms with E-state index in [0.717, 1.165) is 11.4 Å². The molecule has 0 fully saturated rings. The summed E-state index contributed by atoms with van der Waals surface area (Å²) in [5.74, 6) is 0. The average Bonchev–Trinajstić information content (AvgIpc) is 3.61. The van der Waals surface area contributed by atoms with Crippen LogP contribution in [0.3, 0.4) is 0 Å². The maximum atomic E-state index is 2.42. The minimum atomic E-state index is -0.427. The first-order valence-electron chi connectivity index (χ1n) is 17.3. The van der Waals surface area contributed by atoms with Crippen LogP contribution in [0.4, 0.5) is 17.1 Å². The molecule has 1 nitrogen and oxygen atoms in total. The van der Waals surface area contributed by atoms with Crippen LogP contribution < -0.4 is 4.90 Å². The van der Waals surface area contributed by atoms with Gasteiger partial charge < -0.3 is 4.90 Å². The predicted molar refractivity (Wildman–Crippen MR) is 207 cm³/mol. The van der Waals surface area contributed by atoms with Crippen LogP contribution in [0, 0.1) is 20.8 Å². The number of fused-ring (bicyclic) bond motifs is 14. The van der Waals surface area contributed by atoms with Gasteiger partial charge in [0.2, 0.25) is 0 Å². The van der Waals surface area contributed by atoms with Gasteiger partial charge >= 0.3 is 0 Å². The molecule has 0 atom stereocenters. The van der Waals surface area contributed by atoms with Gasteiger partial charge in [-0.2, -0.15) is 0 Å². The first kappa shape index (κ1) is 28.1. The second kappa shape index (κ2) is 10.3. The standard InChI is InChI=1S/C48H35N/c1-30-17-22-35(23-18-30)49(45-28-31(2)16-19-32(45)3)36-24-27-38-34(29-36)21-26-42-41-25-20-33-10-4-5-11-37(33)46(41)48(47(38)42)43-14-8-6-12-39(43)40-13-7-9-15-44(40)48/h4-29H,1-3H3. The van der Waals surface area contributed by atoms with E-state index in [9.17, 15) is 0 Å². The van der Waals surface area contributed by atoms with Crippen molar-refractivity contribution in [2.24, 2.45) is 0 Å². The van der Waals surface area contributed by atoms with Crippen molar-refractivity contribution < 1.29 is 0 Å². The zero-order chi connectivity index (χ0) is 32.9. The second-order valence-corrected chi connectivity index (χ2v) is 13.9. The third kappa shape index (κ3) is 3.82. The molecule has 0 saturated heterocycles. The molecule has 0 N–H and O–H groups in total. The zero-order valence-electron chi connectivity index (χ0n) is 28.0. The maximum Gasteiger partial charge on any atom is 0.0737 e. The molecule has 0 aromatic heterocycles. The van der Waals surface area contributed by atoms with E-state index in [4.69, 9.17) is 0 Å². The molecule has 0 radical (unpaired) electrons. The number of rotatable bonds is 3. The molecule has 0 saturated carbocycles. The van der Waals surface area contributed by atoms with Gasteiger partial charge in [0.1, 0.15) is 0 Å². The summed E-state index contributed by atoms with van der Waals surface area (Å²) in [5, 5.41) is 5.16. The van der Waals surface area contributed by atoms with Crippen molar-refractivity contribution in [3.8, 4) is 22.3 Å². The minimum Gasteiger partial charge on any atom is -0.310 e. The Morgan fingerprint density at radius 1 is 0.408 bits per heavy atom. The van der Waals surface area contributed by atoms with Gasteiger partial charge in [0.05, 0.1) is 5.41 Å². The Morgan fingerprint density at radius 3 is 1.69 bits per heavy atom. The van der Waals surface area contributed by atoms with E-state index in [1.165, 1.54) is 88.4 Å². The van der Waals surface area contributed by atoms with Gasteiger partial charge in [0.25, 0.3) is 0 Å². The largest absolute Gasteiger partial charge is 0.310 e. The van der Waals surface area contributed by atoms with Gasteiger partial charge in [-0.25, -0.2) is 0 Å². The van der Waals surface area contributed by atoms with Gasteiger partial charge in [-0.1, -0.05) is 133 Å². The van der Waals surface area contributed by atoms with Crippen molar-refractivity contribution in [1.82, 2.24) is 0 Å². The molecule has 49 heavy (non-hydrogen) atoms. The summed E-state index contributed by atoms with van der Waals surface area (Å²) < 4.78 is 0. The summed E-state index contributed by atoms with van der Waals surface area (Å²) in [6, 6.07) is 59.4. The third-order valence-electron chi connectivity index (χ3n) is 11.1. The van der Waals surface area contributed by atoms with Crippen molar-refractivity contribution in [3.05, 3.63) is 197 Å². The molecule has 1 heteroatoms. The lowest BCUT2D eigenvalue weighted by atomic mass is 9.68. The first-order valence-corrected chi connectivity index (χ1v) is 17.3. The highest BCUT2D eigenvalue weighted by Gasteiger charge is 2.53. The lowest BCUT2D eigenvalue weighted by Crippen LogP contribution is -2.26. The van der Waals surface area contributed by atoms with Crippen molar-refractivity contribution in [1.29, 1.82) is 0 Å². The number of nitrogens with zero attached hydrogens (tertiary/aromatic N) is 1. The maximum absolute atomic E-state index is 2.42. The fourth-order valence-electron chi connectivity index (χ4n) is 8.96. The molecule has 2 aliphatic rings. The van der Waals surface area contributed by atoms with E-state index in [2.05, 4.69) is 183 Å². The second-order valence-electron chi connectivity index (χ2n) is 13.9. The van der Waals surface area contributed by atoms with Gasteiger partial charge in [-0.15, -0.1) is 0 Å². The van der Waals surface area contributed by atoms with Crippen molar-refractivity contribution in [2.45, 2.75) is 26.2 Å². The number of anilines is 3. The molecule has 0 amide bonds. The normalized spacial score (nSPS) is 13.4. The summed E-state index contributed by atoms with van der Waals surface area (Å²) in [6.45, 7) is 6.54. The minimum absolute atomic E-state index is 0.427. The van der Waals surface area contributed by atoms with Crippen LogP contribution in [0.1, 0.15) is 38.9 Å². The molecule has 1 spiro atoms. The fourth-order valence-corrected chi connectivity index (χ4v) is 8.96. The van der Waals surface area contributed by atoms with Crippen LogP contribution in [0.5, 0.6) is 0 Å². The fraction of sp³-hybridized carbons (Fsp3) is 0.0833. The van der Waals surface area contributed by atoms with Crippen molar-refractivity contribution in [3.63, 3.8) is 0 Å². The Balaban J connectivity index is 1.30. The van der Waals surface area contributed by atoms with Crippen LogP contribution in [0.15, 0.2) is 158 Å². The van der Waals surface area contributed by atoms with Crippen LogP contribution in [-0.4, -0.2) is 0 Å². The number of aryl methyl sites for hydroxylation is 3. The van der Waals surface area contributed by atoms with Gasteiger partial charge in [0, 0.05) is 17.1 Å². The Morgan fingerprint density at radius 2 is 0.980 bits per heavy atom. The molecule has 8 aromatic carbocycles. The molecule has 0 aliphatic heterocycles. The van der Waals surface area contributed by atoms with E-state index in [-0.39, 0.29) is 0 Å². The Bertz CT molecular complexity index is 2600. The summed E-state index contributed by atoms with van der Waals surface area (Å²) >= 11 is 0. The number of hydrogen-bond donors (Lipinski definition) is 0. The number of benzene rings is 8. The summed E-state index contributed by atoms with van der Waals surface area (Å²) in [5.41, 5.74) is 17.7. The highest BCUT2D eigenvalue weighted by atomic mass is 15.1. The molecular weight excluding hydrogens is 591 g/mol. The average molecular weight is 626 g/mol. The third-order valence-corrected chi connectivity index (χ3v) is 11.1. The van der Waals surface area contributed by atoms with Crippen LogP contribution in [-0.2, 0) is 5.41 Å². The predicted octanol–water partition coefficient (Wildman–Crippen LogP) is 12.7. The highest BCUT2D eigenvalue weighted by molar-refractivity contribution is 6.09. The van der Waals surface area contributed by atoms with Gasteiger partial charge in [-0.05, 0) is 128 Å². The van der Waals surface area contributed by atoms with Gasteiger partial charge in [-0.3, -0.25) is 0 Å². The lowest BCUT2D eigenvalue weighted by Gasteiger charge is -2.33. The summed E-state index contributed by atoms with van der Waals surface area (Å²) in [4.78, 5) is 2.42. The van der Waals surface area contributed by atoms with E-state index < -0.39 is 5.41 Å². The van der Waals surface area contributed by atoms with Crippen molar-refractivity contribution >= 4 is 38.6 Å². The number of hydrogen-bond acceptors (Lipinski definition) is 1. The zero-order valence-corrected chi connectivity index (χ0v) is 28.0. The molecule has 0 unspecified atom stereocenters. The smallest absolute Gasteiger partial charge is 0.0737 e. The topological polar surface area (TPSA) is 3.24 Å². The van der Waals surface area contributed by atoms with Crippen molar-refractivity contribution in [2.75, 3.05) is 4.90 Å². The molecule has 232 valence electrons. The SMILES string of the molecule is Cc1ccc(N(c2ccc3c4c(ccc3c2)-c2ccc3ccccc3c2C42c3ccccc3-c3ccccc32)c2cc(C)ccc2C)cc1. The van der Waals surface area contributed by atoms with E-state index in [0.29, 0.717) is 0 Å². The Hall–Kier alpha value is -5.92. The lowest BCUT2D eigenvalue weighted by molar-refractivity contribution is 0.809. The van der Waals surface area contributed by atoms with E-state index in [1.807, 2.05) is 0 Å². The Labute approximate surface area is 287 Å². The molecular formula is C48H35N. The molecule has 10 rings (SSSR count). The van der Waals surface area contributed by atoms with E-state index in [1.54, 1.807) is 0 Å². The Kier molecular flexibility index (Phi) is 5.91. The van der Waals surface area contributed by atoms with E-state index >= 15 is 0 Å². The monoisotopic (exact) mass is 625 g/mol. The van der Waals surface area contributed by atoms with Crippen LogP contribution >= 0.6 is 0 Å². The quantitative estimate of drug-likeness (QED) is 0.189. The van der Waals surface area contributed by atoms with Crippen LogP contribution in [0.25, 0.3) is 43.8 Å².